The highest BCUT2D eigenvalue weighted by Gasteiger charge is 2.31. The highest BCUT2D eigenvalue weighted by Crippen LogP contribution is 2.30. The maximum absolute atomic E-state index is 12.5. The number of alkyl halides is 3. The molecular weight excluding hydrogens is 239 g/mol. The maximum Gasteiger partial charge on any atom is 0.416 e. The monoisotopic (exact) mass is 245 g/mol. The van der Waals surface area contributed by atoms with E-state index in [1.807, 2.05) is 0 Å². The minimum Gasteiger partial charge on any atom is -0.318 e. The van der Waals surface area contributed by atoms with Gasteiger partial charge in [-0.2, -0.15) is 13.2 Å². The molecular formula is C9H6F3N3O2. The lowest BCUT2D eigenvalue weighted by atomic mass is 10.2. The van der Waals surface area contributed by atoms with Gasteiger partial charge in [0.25, 0.3) is 0 Å². The van der Waals surface area contributed by atoms with Crippen LogP contribution in [-0.2, 0) is 11.0 Å². The van der Waals surface area contributed by atoms with Crippen molar-refractivity contribution in [1.29, 1.82) is 0 Å². The van der Waals surface area contributed by atoms with Crippen molar-refractivity contribution in [3.05, 3.63) is 23.8 Å². The molecule has 2 aromatic rings. The first kappa shape index (κ1) is 11.4. The number of carbonyl (C=O) groups is 1. The number of nitrogens with zero attached hydrogens (tertiary/aromatic N) is 3. The van der Waals surface area contributed by atoms with E-state index in [0.717, 1.165) is 25.1 Å². The Balaban J connectivity index is 2.54. The van der Waals surface area contributed by atoms with E-state index in [2.05, 4.69) is 15.1 Å². The van der Waals surface area contributed by atoms with Crippen LogP contribution in [0.1, 0.15) is 12.5 Å². The van der Waals surface area contributed by atoms with Crippen molar-refractivity contribution in [1.82, 2.24) is 15.2 Å². The Kier molecular flexibility index (Phi) is 2.49. The molecule has 0 spiro atoms. The van der Waals surface area contributed by atoms with Gasteiger partial charge in [0.15, 0.2) is 0 Å². The lowest BCUT2D eigenvalue weighted by molar-refractivity contribution is -0.142. The molecule has 1 heterocycles. The third kappa shape index (κ3) is 2.19. The Morgan fingerprint density at radius 1 is 1.41 bits per heavy atom. The minimum absolute atomic E-state index is 0.0185. The summed E-state index contributed by atoms with van der Waals surface area (Å²) in [7, 11) is 0. The molecule has 0 radical (unpaired) electrons. The average molecular weight is 245 g/mol. The molecule has 0 N–H and O–H groups in total. The van der Waals surface area contributed by atoms with Crippen LogP contribution in [0.2, 0.25) is 0 Å². The Morgan fingerprint density at radius 3 is 2.71 bits per heavy atom. The second kappa shape index (κ2) is 3.72. The molecule has 0 atom stereocenters. The molecule has 0 bridgehead atoms. The summed E-state index contributed by atoms with van der Waals surface area (Å²) in [5.41, 5.74) is -0.671. The summed E-state index contributed by atoms with van der Waals surface area (Å²) in [4.78, 5) is 15.9. The standard InChI is InChI=1S/C9H6F3N3O2/c1-5(16)17-15-8-4-6(9(10,11)12)2-3-7(8)13-14-15/h2-4H,1H3. The summed E-state index contributed by atoms with van der Waals surface area (Å²) < 4.78 is 37.4. The Morgan fingerprint density at radius 2 is 2.12 bits per heavy atom. The molecule has 5 nitrogen and oxygen atoms in total. The number of hydrogen-bond donors (Lipinski definition) is 0. The van der Waals surface area contributed by atoms with Crippen molar-refractivity contribution < 1.29 is 22.8 Å². The van der Waals surface area contributed by atoms with Crippen LogP contribution in [0, 0.1) is 0 Å². The molecule has 90 valence electrons. The highest BCUT2D eigenvalue weighted by molar-refractivity contribution is 5.76. The summed E-state index contributed by atoms with van der Waals surface area (Å²) in [6.07, 6.45) is -4.47. The van der Waals surface area contributed by atoms with Gasteiger partial charge in [-0.25, -0.2) is 4.79 Å². The molecule has 2 rings (SSSR count). The molecule has 1 aromatic carbocycles. The molecule has 0 amide bonds. The summed E-state index contributed by atoms with van der Waals surface area (Å²) in [6.45, 7) is 1.11. The van der Waals surface area contributed by atoms with Crippen LogP contribution in [0.15, 0.2) is 18.2 Å². The van der Waals surface area contributed by atoms with Crippen molar-refractivity contribution in [2.45, 2.75) is 13.1 Å². The van der Waals surface area contributed by atoms with Gasteiger partial charge in [0, 0.05) is 6.92 Å². The molecule has 0 aliphatic heterocycles. The predicted octanol–water partition coefficient (Wildman–Crippen LogP) is 1.43. The van der Waals surface area contributed by atoms with Gasteiger partial charge in [-0.3, -0.25) is 0 Å². The van der Waals surface area contributed by atoms with E-state index in [1.165, 1.54) is 0 Å². The van der Waals surface area contributed by atoms with Crippen LogP contribution in [0.4, 0.5) is 13.2 Å². The molecule has 0 saturated carbocycles. The van der Waals surface area contributed by atoms with Gasteiger partial charge in [0.2, 0.25) is 0 Å². The van der Waals surface area contributed by atoms with E-state index in [-0.39, 0.29) is 11.0 Å². The minimum atomic E-state index is -4.47. The lowest BCUT2D eigenvalue weighted by Gasteiger charge is -2.06. The van der Waals surface area contributed by atoms with E-state index in [9.17, 15) is 18.0 Å². The number of aromatic nitrogens is 3. The molecule has 1 aromatic heterocycles. The summed E-state index contributed by atoms with van der Waals surface area (Å²) in [6, 6.07) is 2.86. The largest absolute Gasteiger partial charge is 0.416 e. The fourth-order valence-electron chi connectivity index (χ4n) is 1.26. The molecule has 0 fully saturated rings. The number of benzene rings is 1. The maximum atomic E-state index is 12.5. The van der Waals surface area contributed by atoms with Crippen LogP contribution < -0.4 is 4.84 Å². The Bertz CT molecular complexity index is 576. The van der Waals surface area contributed by atoms with Crippen molar-refractivity contribution in [2.24, 2.45) is 0 Å². The number of hydrogen-bond acceptors (Lipinski definition) is 4. The molecule has 0 aliphatic rings. The fraction of sp³-hybridized carbons (Fsp3) is 0.222. The van der Waals surface area contributed by atoms with Gasteiger partial charge in [0.05, 0.1) is 5.56 Å². The van der Waals surface area contributed by atoms with Gasteiger partial charge < -0.3 is 4.84 Å². The summed E-state index contributed by atoms with van der Waals surface area (Å²) in [5, 5.41) is 6.98. The summed E-state index contributed by atoms with van der Waals surface area (Å²) >= 11 is 0. The first-order valence-corrected chi connectivity index (χ1v) is 4.49. The average Bonchev–Trinajstić information content (AvgIpc) is 2.59. The van der Waals surface area contributed by atoms with Crippen molar-refractivity contribution in [2.75, 3.05) is 0 Å². The Hall–Kier alpha value is -2.12. The highest BCUT2D eigenvalue weighted by atomic mass is 19.4. The van der Waals surface area contributed by atoms with Crippen LogP contribution in [-0.4, -0.2) is 21.1 Å². The fourth-order valence-corrected chi connectivity index (χ4v) is 1.26. The lowest BCUT2D eigenvalue weighted by Crippen LogP contribution is -2.18. The predicted molar refractivity (Wildman–Crippen MR) is 49.8 cm³/mol. The molecule has 8 heteroatoms. The number of rotatable bonds is 1. The van der Waals surface area contributed by atoms with E-state index < -0.39 is 17.7 Å². The number of carbonyl (C=O) groups excluding carboxylic acids is 1. The summed E-state index contributed by atoms with van der Waals surface area (Å²) in [5.74, 6) is -0.700. The van der Waals surface area contributed by atoms with E-state index in [1.54, 1.807) is 0 Å². The zero-order chi connectivity index (χ0) is 12.6. The van der Waals surface area contributed by atoms with Crippen molar-refractivity contribution >= 4 is 17.0 Å². The third-order valence-electron chi connectivity index (χ3n) is 1.96. The molecule has 0 aliphatic carbocycles. The van der Waals surface area contributed by atoms with Crippen LogP contribution in [0.3, 0.4) is 0 Å². The zero-order valence-electron chi connectivity index (χ0n) is 8.52. The number of halogens is 3. The molecule has 0 saturated heterocycles. The van der Waals surface area contributed by atoms with Gasteiger partial charge in [-0.05, 0) is 23.4 Å². The van der Waals surface area contributed by atoms with Crippen LogP contribution in [0.5, 0.6) is 0 Å². The second-order valence-electron chi connectivity index (χ2n) is 3.25. The van der Waals surface area contributed by atoms with E-state index in [4.69, 9.17) is 0 Å². The van der Waals surface area contributed by atoms with E-state index >= 15 is 0 Å². The molecule has 0 unspecified atom stereocenters. The van der Waals surface area contributed by atoms with Gasteiger partial charge >= 0.3 is 12.1 Å². The normalized spacial score (nSPS) is 11.8. The van der Waals surface area contributed by atoms with Gasteiger partial charge in [0.1, 0.15) is 11.0 Å². The van der Waals surface area contributed by atoms with Crippen molar-refractivity contribution in [3.63, 3.8) is 0 Å². The zero-order valence-corrected chi connectivity index (χ0v) is 8.52. The van der Waals surface area contributed by atoms with Crippen LogP contribution in [0.25, 0.3) is 11.0 Å². The first-order valence-electron chi connectivity index (χ1n) is 4.49. The smallest absolute Gasteiger partial charge is 0.318 e. The quantitative estimate of drug-likeness (QED) is 0.713. The first-order chi connectivity index (χ1) is 7.88. The second-order valence-corrected chi connectivity index (χ2v) is 3.25. The van der Waals surface area contributed by atoms with E-state index in [0.29, 0.717) is 4.85 Å². The van der Waals surface area contributed by atoms with Crippen molar-refractivity contribution in [3.8, 4) is 0 Å². The topological polar surface area (TPSA) is 57.0 Å². The van der Waals surface area contributed by atoms with Gasteiger partial charge in [-0.1, -0.05) is 4.85 Å². The molecule has 17 heavy (non-hydrogen) atoms. The number of fused-ring (bicyclic) bond motifs is 1. The van der Waals surface area contributed by atoms with Gasteiger partial charge in [-0.15, -0.1) is 5.10 Å². The third-order valence-corrected chi connectivity index (χ3v) is 1.96. The van der Waals surface area contributed by atoms with Crippen LogP contribution >= 0.6 is 0 Å². The SMILES string of the molecule is CC(=O)On1nnc2ccc(C(F)(F)F)cc21. The Labute approximate surface area is 92.7 Å².